The van der Waals surface area contributed by atoms with Gasteiger partial charge in [-0.1, -0.05) is 32.9 Å². The van der Waals surface area contributed by atoms with Crippen molar-refractivity contribution in [1.82, 2.24) is 20.5 Å². The number of ether oxygens (including phenoxy) is 2. The van der Waals surface area contributed by atoms with Gasteiger partial charge in [0, 0.05) is 43.9 Å². The summed E-state index contributed by atoms with van der Waals surface area (Å²) in [6, 6.07) is 7.76. The Bertz CT molecular complexity index is 1200. The number of aromatic nitrogens is 1. The first kappa shape index (κ1) is 29.9. The van der Waals surface area contributed by atoms with Crippen LogP contribution in [0.2, 0.25) is 0 Å². The molecule has 5 rings (SSSR count). The lowest BCUT2D eigenvalue weighted by Gasteiger charge is -2.47. The molecule has 3 heterocycles. The summed E-state index contributed by atoms with van der Waals surface area (Å²) in [5.41, 5.74) is 2.94. The van der Waals surface area contributed by atoms with Crippen LogP contribution in [0.15, 0.2) is 36.5 Å². The predicted octanol–water partition coefficient (Wildman–Crippen LogP) is 3.56. The molecule has 3 aliphatic rings. The van der Waals surface area contributed by atoms with E-state index in [9.17, 15) is 14.3 Å². The van der Waals surface area contributed by atoms with Gasteiger partial charge in [-0.15, -0.1) is 0 Å². The van der Waals surface area contributed by atoms with E-state index < -0.39 is 18.2 Å². The van der Waals surface area contributed by atoms with Crippen LogP contribution in [0.5, 0.6) is 5.88 Å². The molecule has 1 amide bonds. The second-order valence-corrected chi connectivity index (χ2v) is 13.4. The molecule has 2 aromatic rings. The third-order valence-electron chi connectivity index (χ3n) is 8.50. The molecule has 0 unspecified atom stereocenters. The van der Waals surface area contributed by atoms with Gasteiger partial charge in [-0.25, -0.2) is 9.37 Å². The van der Waals surface area contributed by atoms with Crippen LogP contribution in [-0.2, 0) is 22.4 Å². The van der Waals surface area contributed by atoms with Crippen molar-refractivity contribution >= 4 is 5.91 Å². The maximum atomic E-state index is 13.6. The van der Waals surface area contributed by atoms with Gasteiger partial charge >= 0.3 is 0 Å². The lowest BCUT2D eigenvalue weighted by Crippen LogP contribution is -2.55. The van der Waals surface area contributed by atoms with Crippen molar-refractivity contribution in [2.45, 2.75) is 89.2 Å². The van der Waals surface area contributed by atoms with Crippen molar-refractivity contribution < 1.29 is 23.8 Å². The number of morpholine rings is 1. The molecule has 2 fully saturated rings. The lowest BCUT2D eigenvalue weighted by molar-refractivity contribution is -0.139. The number of rotatable bonds is 9. The number of hydrogen-bond donors (Lipinski definition) is 3. The molecule has 4 atom stereocenters. The highest BCUT2D eigenvalue weighted by molar-refractivity contribution is 5.81. The van der Waals surface area contributed by atoms with Crippen LogP contribution in [0, 0.1) is 11.2 Å². The largest absolute Gasteiger partial charge is 0.471 e. The molecule has 224 valence electrons. The minimum absolute atomic E-state index is 0.0291. The van der Waals surface area contributed by atoms with Gasteiger partial charge in [-0.05, 0) is 73.9 Å². The summed E-state index contributed by atoms with van der Waals surface area (Å²) in [4.78, 5) is 20.0. The van der Waals surface area contributed by atoms with E-state index in [4.69, 9.17) is 14.5 Å². The summed E-state index contributed by atoms with van der Waals surface area (Å²) >= 11 is 0. The molecule has 8 nitrogen and oxygen atoms in total. The molecule has 0 radical (unpaired) electrons. The van der Waals surface area contributed by atoms with Crippen molar-refractivity contribution in [3.63, 3.8) is 0 Å². The minimum Gasteiger partial charge on any atom is -0.471 e. The van der Waals surface area contributed by atoms with E-state index in [-0.39, 0.29) is 35.3 Å². The number of nitrogens with one attached hydrogen (secondary N) is 2. The molecule has 0 bridgehead atoms. The zero-order chi connectivity index (χ0) is 29.2. The topological polar surface area (TPSA) is 96.0 Å². The number of amides is 1. The van der Waals surface area contributed by atoms with Gasteiger partial charge in [0.05, 0.1) is 18.8 Å². The van der Waals surface area contributed by atoms with Gasteiger partial charge in [-0.3, -0.25) is 4.79 Å². The smallest absolute Gasteiger partial charge is 0.250 e. The Kier molecular flexibility index (Phi) is 8.99. The molecule has 1 saturated carbocycles. The Morgan fingerprint density at radius 3 is 2.66 bits per heavy atom. The van der Waals surface area contributed by atoms with E-state index in [2.05, 4.69) is 42.4 Å². The quantitative estimate of drug-likeness (QED) is 0.426. The van der Waals surface area contributed by atoms with Gasteiger partial charge in [0.2, 0.25) is 5.88 Å². The van der Waals surface area contributed by atoms with Crippen LogP contribution in [0.4, 0.5) is 4.39 Å². The van der Waals surface area contributed by atoms with Crippen LogP contribution in [0.1, 0.15) is 69.2 Å². The van der Waals surface area contributed by atoms with Crippen LogP contribution in [0.25, 0.3) is 0 Å². The fourth-order valence-corrected chi connectivity index (χ4v) is 6.12. The van der Waals surface area contributed by atoms with E-state index in [0.29, 0.717) is 25.5 Å². The highest BCUT2D eigenvalue weighted by Crippen LogP contribution is 2.48. The Morgan fingerprint density at radius 2 is 2.00 bits per heavy atom. The van der Waals surface area contributed by atoms with E-state index in [1.54, 1.807) is 12.1 Å². The Labute approximate surface area is 243 Å². The average Bonchev–Trinajstić information content (AvgIpc) is 2.90. The number of carbonyl (C=O) groups is 1. The van der Waals surface area contributed by atoms with Crippen molar-refractivity contribution in [3.8, 4) is 5.88 Å². The molecular weight excluding hydrogens is 523 g/mol. The number of benzene rings is 1. The maximum Gasteiger partial charge on any atom is 0.250 e. The third kappa shape index (κ3) is 7.63. The minimum atomic E-state index is -0.889. The Balaban J connectivity index is 1.32. The van der Waals surface area contributed by atoms with Crippen molar-refractivity contribution in [3.05, 3.63) is 59.0 Å². The van der Waals surface area contributed by atoms with Gasteiger partial charge < -0.3 is 30.1 Å². The number of hydrogen-bond acceptors (Lipinski definition) is 7. The summed E-state index contributed by atoms with van der Waals surface area (Å²) in [5.74, 6) is 0.108. The van der Waals surface area contributed by atoms with Gasteiger partial charge in [0.1, 0.15) is 17.5 Å². The highest BCUT2D eigenvalue weighted by atomic mass is 19.1. The van der Waals surface area contributed by atoms with E-state index in [0.717, 1.165) is 55.3 Å². The van der Waals surface area contributed by atoms with E-state index in [1.165, 1.54) is 12.1 Å². The number of fused-ring (bicyclic) bond motifs is 1. The van der Waals surface area contributed by atoms with Gasteiger partial charge in [-0.2, -0.15) is 0 Å². The van der Waals surface area contributed by atoms with Crippen LogP contribution in [0.3, 0.4) is 0 Å². The number of pyridine rings is 1. The van der Waals surface area contributed by atoms with Gasteiger partial charge in [0.15, 0.2) is 0 Å². The number of carbonyl (C=O) groups excluding carboxylic acids is 1. The maximum absolute atomic E-state index is 13.6. The second kappa shape index (κ2) is 12.3. The van der Waals surface area contributed by atoms with Crippen molar-refractivity contribution in [1.29, 1.82) is 0 Å². The molecule has 1 saturated heterocycles. The SMILES string of the molecule is CN1CCO[C@H](C(=O)N[C@@H](Cc2ccc(F)cc2)[C@H](O)CN[C@H]2CC3(CCC3)Oc3ncc(CC(C)(C)C)cc32)C1. The zero-order valence-corrected chi connectivity index (χ0v) is 24.8. The van der Waals surface area contributed by atoms with E-state index >= 15 is 0 Å². The predicted molar refractivity (Wildman–Crippen MR) is 155 cm³/mol. The molecule has 1 aromatic carbocycles. The molecule has 9 heteroatoms. The standard InChI is InChI=1S/C32H45FN4O4/c1-31(2,3)16-22-14-24-26(17-32(10-5-11-32)41-30(24)35-18-22)34-19-27(38)25(15-21-6-8-23(33)9-7-21)36-29(39)28-20-37(4)12-13-40-28/h6-9,14,18,25-28,34,38H,5,10-13,15-17,19-20H2,1-4H3,(H,36,39)/t25-,26-,27+,28-/m0/s1. The van der Waals surface area contributed by atoms with Crippen LogP contribution >= 0.6 is 0 Å². The molecule has 1 aliphatic carbocycles. The molecule has 1 spiro atoms. The number of likely N-dealkylation sites (N-methyl/N-ethyl adjacent to an activating group) is 1. The van der Waals surface area contributed by atoms with Crippen LogP contribution < -0.4 is 15.4 Å². The number of halogens is 1. The summed E-state index contributed by atoms with van der Waals surface area (Å²) < 4.78 is 25.7. The monoisotopic (exact) mass is 568 g/mol. The summed E-state index contributed by atoms with van der Waals surface area (Å²) in [6.45, 7) is 8.65. The number of aliphatic hydroxyl groups is 1. The Hall–Kier alpha value is -2.59. The van der Waals surface area contributed by atoms with Gasteiger partial charge in [0.25, 0.3) is 5.91 Å². The summed E-state index contributed by atoms with van der Waals surface area (Å²) in [6.07, 6.45) is 5.64. The lowest BCUT2D eigenvalue weighted by atomic mass is 9.73. The molecular formula is C32H45FN4O4. The fraction of sp³-hybridized carbons (Fsp3) is 0.625. The van der Waals surface area contributed by atoms with E-state index in [1.807, 2.05) is 13.2 Å². The number of aliphatic hydroxyl groups excluding tert-OH is 1. The molecule has 3 N–H and O–H groups in total. The van der Waals surface area contributed by atoms with Crippen molar-refractivity contribution in [2.75, 3.05) is 33.3 Å². The zero-order valence-electron chi connectivity index (χ0n) is 24.8. The molecule has 1 aromatic heterocycles. The van der Waals surface area contributed by atoms with Crippen molar-refractivity contribution in [2.24, 2.45) is 5.41 Å². The Morgan fingerprint density at radius 1 is 1.24 bits per heavy atom. The summed E-state index contributed by atoms with van der Waals surface area (Å²) in [5, 5.41) is 18.1. The first-order chi connectivity index (χ1) is 19.5. The third-order valence-corrected chi connectivity index (χ3v) is 8.50. The fourth-order valence-electron chi connectivity index (χ4n) is 6.12. The molecule has 2 aliphatic heterocycles. The second-order valence-electron chi connectivity index (χ2n) is 13.4. The van der Waals surface area contributed by atoms with Crippen LogP contribution in [-0.4, -0.2) is 78.0 Å². The first-order valence-corrected chi connectivity index (χ1v) is 14.9. The normalized spacial score (nSPS) is 23.7. The first-order valence-electron chi connectivity index (χ1n) is 14.9. The number of nitrogens with zero attached hydrogens (tertiary/aromatic N) is 2. The molecule has 41 heavy (non-hydrogen) atoms. The summed E-state index contributed by atoms with van der Waals surface area (Å²) in [7, 11) is 1.96. The average molecular weight is 569 g/mol. The highest BCUT2D eigenvalue weighted by Gasteiger charge is 2.46.